The molecule has 0 bridgehead atoms. The zero-order chi connectivity index (χ0) is 17.0. The summed E-state index contributed by atoms with van der Waals surface area (Å²) < 4.78 is 0.607. The highest BCUT2D eigenvalue weighted by molar-refractivity contribution is 14.1. The van der Waals surface area contributed by atoms with Gasteiger partial charge in [0.15, 0.2) is 0 Å². The molecule has 0 spiro atoms. The number of halogens is 1. The molecule has 1 saturated heterocycles. The molecule has 1 aliphatic rings. The van der Waals surface area contributed by atoms with Crippen molar-refractivity contribution >= 4 is 40.8 Å². The Morgan fingerprint density at radius 2 is 2.13 bits per heavy atom. The molecule has 8 heteroatoms. The van der Waals surface area contributed by atoms with Gasteiger partial charge in [0.05, 0.1) is 18.2 Å². The molecule has 1 aromatic carbocycles. The predicted molar refractivity (Wildman–Crippen MR) is 88.6 cm³/mol. The molecular weight excluding hydrogens is 413 g/mol. The third-order valence-electron chi connectivity index (χ3n) is 3.56. The number of hydrogen-bond donors (Lipinski definition) is 1. The topological polar surface area (TPSA) is 102 Å². The monoisotopic (exact) mass is 427 g/mol. The first-order valence-electron chi connectivity index (χ1n) is 6.93. The maximum absolute atomic E-state index is 12.7. The Labute approximate surface area is 146 Å². The fraction of sp³-hybridized carbons (Fsp3) is 0.333. The van der Waals surface area contributed by atoms with Gasteiger partial charge >= 0.3 is 5.97 Å². The summed E-state index contributed by atoms with van der Waals surface area (Å²) in [7, 11) is 0. The minimum atomic E-state index is -1.13. The van der Waals surface area contributed by atoms with Crippen molar-refractivity contribution in [3.63, 3.8) is 0 Å². The molecule has 1 N–H and O–H groups in total. The molecule has 1 atom stereocenters. The van der Waals surface area contributed by atoms with Gasteiger partial charge in [-0.3, -0.25) is 9.80 Å². The van der Waals surface area contributed by atoms with Crippen LogP contribution in [0.4, 0.5) is 0 Å². The Hall–Kier alpha value is -1.99. The molecule has 1 amide bonds. The number of carboxylic acids is 1. The van der Waals surface area contributed by atoms with Crippen molar-refractivity contribution in [2.45, 2.75) is 18.9 Å². The van der Waals surface area contributed by atoms with Crippen LogP contribution < -0.4 is 0 Å². The van der Waals surface area contributed by atoms with Crippen molar-refractivity contribution in [3.8, 4) is 6.07 Å². The second-order valence-corrected chi connectivity index (χ2v) is 6.28. The molecule has 1 fully saturated rings. The van der Waals surface area contributed by atoms with Gasteiger partial charge in [-0.25, -0.2) is 9.80 Å². The van der Waals surface area contributed by atoms with E-state index in [2.05, 4.69) is 6.07 Å². The molecule has 0 aliphatic carbocycles. The van der Waals surface area contributed by atoms with Gasteiger partial charge in [0.25, 0.3) is 5.91 Å². The number of carbonyl (C=O) groups is 3. The first-order chi connectivity index (χ1) is 11.0. The lowest BCUT2D eigenvalue weighted by Gasteiger charge is -2.32. The summed E-state index contributed by atoms with van der Waals surface area (Å²) in [6.45, 7) is 0.332. The fourth-order valence-electron chi connectivity index (χ4n) is 2.53. The molecule has 1 aliphatic heterocycles. The molecule has 23 heavy (non-hydrogen) atoms. The molecule has 7 nitrogen and oxygen atoms in total. The van der Waals surface area contributed by atoms with Gasteiger partial charge in [0.1, 0.15) is 12.3 Å². The van der Waals surface area contributed by atoms with E-state index < -0.39 is 17.9 Å². The van der Waals surface area contributed by atoms with E-state index in [1.807, 2.05) is 22.6 Å². The van der Waals surface area contributed by atoms with Crippen LogP contribution in [0.15, 0.2) is 18.2 Å². The summed E-state index contributed by atoms with van der Waals surface area (Å²) in [6.07, 6.45) is 1.98. The smallest absolute Gasteiger partial charge is 0.335 e. The fourth-order valence-corrected chi connectivity index (χ4v) is 3.20. The third-order valence-corrected chi connectivity index (χ3v) is 4.18. The molecule has 1 heterocycles. The van der Waals surface area contributed by atoms with E-state index in [9.17, 15) is 19.6 Å². The van der Waals surface area contributed by atoms with Crippen LogP contribution in [0.5, 0.6) is 0 Å². The van der Waals surface area contributed by atoms with E-state index in [1.54, 1.807) is 11.1 Å². The predicted octanol–water partition coefficient (Wildman–Crippen LogP) is 1.53. The van der Waals surface area contributed by atoms with Crippen LogP contribution in [0.1, 0.15) is 33.6 Å². The number of hydrazine groups is 1. The number of nitrogens with zero attached hydrogens (tertiary/aromatic N) is 3. The lowest BCUT2D eigenvalue weighted by atomic mass is 10.1. The summed E-state index contributed by atoms with van der Waals surface area (Å²) >= 11 is 1.93. The summed E-state index contributed by atoms with van der Waals surface area (Å²) in [6, 6.07) is 5.96. The molecule has 0 radical (unpaired) electrons. The third kappa shape index (κ3) is 3.86. The van der Waals surface area contributed by atoms with E-state index in [4.69, 9.17) is 5.11 Å². The van der Waals surface area contributed by atoms with Crippen LogP contribution in [0, 0.1) is 14.9 Å². The van der Waals surface area contributed by atoms with E-state index in [0.29, 0.717) is 22.8 Å². The number of benzene rings is 1. The maximum Gasteiger partial charge on any atom is 0.335 e. The van der Waals surface area contributed by atoms with E-state index in [1.165, 1.54) is 17.1 Å². The first kappa shape index (κ1) is 17.4. The van der Waals surface area contributed by atoms with Crippen molar-refractivity contribution in [1.82, 2.24) is 10.0 Å². The lowest BCUT2D eigenvalue weighted by Crippen LogP contribution is -2.49. The normalized spacial score (nSPS) is 17.5. The molecule has 120 valence electrons. The number of carboxylic acid groups (broad SMARTS) is 1. The summed E-state index contributed by atoms with van der Waals surface area (Å²) in [5.74, 6) is -1.61. The average Bonchev–Trinajstić information content (AvgIpc) is 2.99. The second kappa shape index (κ2) is 7.52. The highest BCUT2D eigenvalue weighted by Crippen LogP contribution is 2.22. The number of rotatable bonds is 5. The van der Waals surface area contributed by atoms with Gasteiger partial charge < -0.3 is 9.90 Å². The van der Waals surface area contributed by atoms with Crippen LogP contribution in [0.2, 0.25) is 0 Å². The first-order valence-corrected chi connectivity index (χ1v) is 8.01. The highest BCUT2D eigenvalue weighted by Gasteiger charge is 2.32. The summed E-state index contributed by atoms with van der Waals surface area (Å²) in [4.78, 5) is 34.8. The molecular formula is C15H14IN3O4. The molecule has 1 aromatic rings. The SMILES string of the molecule is N#CC1CCCN1N(CC=O)C(=O)c1cc(I)cc(C(=O)O)c1. The Morgan fingerprint density at radius 3 is 2.74 bits per heavy atom. The van der Waals surface area contributed by atoms with Crippen molar-refractivity contribution in [1.29, 1.82) is 5.26 Å². The number of carbonyl (C=O) groups excluding carboxylic acids is 2. The van der Waals surface area contributed by atoms with Gasteiger partial charge in [-0.05, 0) is 53.6 Å². The van der Waals surface area contributed by atoms with Gasteiger partial charge in [0, 0.05) is 15.7 Å². The zero-order valence-electron chi connectivity index (χ0n) is 12.1. The minimum absolute atomic E-state index is 0.00422. The molecule has 0 aromatic heterocycles. The van der Waals surface area contributed by atoms with Crippen molar-refractivity contribution < 1.29 is 19.5 Å². The Bertz CT molecular complexity index is 686. The average molecular weight is 427 g/mol. The Morgan fingerprint density at radius 1 is 1.43 bits per heavy atom. The Kier molecular flexibility index (Phi) is 5.68. The zero-order valence-corrected chi connectivity index (χ0v) is 14.3. The molecule has 2 rings (SSSR count). The Balaban J connectivity index is 2.37. The van der Waals surface area contributed by atoms with Crippen molar-refractivity contribution in [2.24, 2.45) is 0 Å². The van der Waals surface area contributed by atoms with Gasteiger partial charge in [-0.2, -0.15) is 5.26 Å². The number of amides is 1. The minimum Gasteiger partial charge on any atom is -0.478 e. The van der Waals surface area contributed by atoms with Gasteiger partial charge in [0.2, 0.25) is 0 Å². The number of hydrogen-bond acceptors (Lipinski definition) is 5. The maximum atomic E-state index is 12.7. The summed E-state index contributed by atoms with van der Waals surface area (Å²) in [5, 5.41) is 21.1. The van der Waals surface area contributed by atoms with Gasteiger partial charge in [-0.1, -0.05) is 0 Å². The van der Waals surface area contributed by atoms with Crippen molar-refractivity contribution in [2.75, 3.05) is 13.1 Å². The van der Waals surface area contributed by atoms with Crippen LogP contribution in [0.3, 0.4) is 0 Å². The largest absolute Gasteiger partial charge is 0.478 e. The van der Waals surface area contributed by atoms with Crippen LogP contribution in [0.25, 0.3) is 0 Å². The second-order valence-electron chi connectivity index (χ2n) is 5.04. The quantitative estimate of drug-likeness (QED) is 0.565. The standard InChI is InChI=1S/C15H14IN3O4/c16-12-7-10(6-11(8-12)15(22)23)14(21)19(4-5-20)18-3-1-2-13(18)9-17/h5-8,13H,1-4H2,(H,22,23). The highest BCUT2D eigenvalue weighted by atomic mass is 127. The number of nitriles is 1. The molecule has 1 unspecified atom stereocenters. The van der Waals surface area contributed by atoms with E-state index in [-0.39, 0.29) is 17.7 Å². The number of aldehydes is 1. The lowest BCUT2D eigenvalue weighted by molar-refractivity contribution is -0.112. The van der Waals surface area contributed by atoms with E-state index in [0.717, 1.165) is 6.42 Å². The van der Waals surface area contributed by atoms with E-state index >= 15 is 0 Å². The van der Waals surface area contributed by atoms with Crippen molar-refractivity contribution in [3.05, 3.63) is 32.9 Å². The number of aromatic carboxylic acids is 1. The van der Waals surface area contributed by atoms with Crippen LogP contribution in [-0.2, 0) is 4.79 Å². The molecule has 0 saturated carbocycles. The van der Waals surface area contributed by atoms with Crippen LogP contribution in [-0.4, -0.2) is 52.4 Å². The van der Waals surface area contributed by atoms with Gasteiger partial charge in [-0.15, -0.1) is 0 Å². The summed E-state index contributed by atoms with van der Waals surface area (Å²) in [5.41, 5.74) is 0.185. The van der Waals surface area contributed by atoms with Crippen LogP contribution >= 0.6 is 22.6 Å².